The highest BCUT2D eigenvalue weighted by molar-refractivity contribution is 7.18. The number of ketones is 1. The maximum Gasteiger partial charge on any atom is 0.331 e. The molecule has 0 aliphatic heterocycles. The second kappa shape index (κ2) is 9.25. The van der Waals surface area contributed by atoms with Crippen molar-refractivity contribution in [2.75, 3.05) is 20.3 Å². The minimum absolute atomic E-state index is 0.290. The summed E-state index contributed by atoms with van der Waals surface area (Å²) in [7, 11) is 1.56. The molecule has 0 aliphatic rings. The van der Waals surface area contributed by atoms with Gasteiger partial charge in [0.1, 0.15) is 0 Å². The fourth-order valence-corrected chi connectivity index (χ4v) is 2.92. The van der Waals surface area contributed by atoms with Crippen LogP contribution in [-0.2, 0) is 9.53 Å². The number of esters is 1. The van der Waals surface area contributed by atoms with Gasteiger partial charge in [0.2, 0.25) is 5.78 Å². The van der Waals surface area contributed by atoms with Gasteiger partial charge >= 0.3 is 5.97 Å². The fraction of sp³-hybridized carbons (Fsp3) is 0.222. The molecule has 1 aromatic carbocycles. The molecule has 0 saturated carbocycles. The van der Waals surface area contributed by atoms with Crippen LogP contribution >= 0.6 is 22.9 Å². The first-order valence-electron chi connectivity index (χ1n) is 7.47. The zero-order valence-corrected chi connectivity index (χ0v) is 15.4. The molecule has 7 heteroatoms. The van der Waals surface area contributed by atoms with E-state index in [2.05, 4.69) is 0 Å². The first-order valence-corrected chi connectivity index (χ1v) is 8.67. The number of carbonyl (C=O) groups excluding carboxylic acids is 2. The van der Waals surface area contributed by atoms with Gasteiger partial charge in [-0.25, -0.2) is 4.79 Å². The highest BCUT2D eigenvalue weighted by atomic mass is 35.5. The maximum absolute atomic E-state index is 11.8. The van der Waals surface area contributed by atoms with Crippen LogP contribution in [0.2, 0.25) is 4.34 Å². The van der Waals surface area contributed by atoms with Crippen LogP contribution in [0.15, 0.2) is 36.4 Å². The zero-order chi connectivity index (χ0) is 18.2. The van der Waals surface area contributed by atoms with E-state index >= 15 is 0 Å². The molecule has 25 heavy (non-hydrogen) atoms. The van der Waals surface area contributed by atoms with E-state index in [-0.39, 0.29) is 12.4 Å². The van der Waals surface area contributed by atoms with E-state index in [4.69, 9.17) is 25.8 Å². The van der Waals surface area contributed by atoms with Crippen molar-refractivity contribution in [3.63, 3.8) is 0 Å². The Kier molecular flexibility index (Phi) is 7.03. The summed E-state index contributed by atoms with van der Waals surface area (Å²) >= 11 is 6.92. The molecule has 0 saturated heterocycles. The summed E-state index contributed by atoms with van der Waals surface area (Å²) in [6.07, 6.45) is 2.84. The molecule has 0 fully saturated rings. The van der Waals surface area contributed by atoms with Crippen molar-refractivity contribution < 1.29 is 23.8 Å². The van der Waals surface area contributed by atoms with Gasteiger partial charge in [-0.2, -0.15) is 0 Å². The number of halogens is 1. The van der Waals surface area contributed by atoms with Crippen molar-refractivity contribution in [2.24, 2.45) is 0 Å². The molecule has 1 aromatic heterocycles. The topological polar surface area (TPSA) is 61.8 Å². The van der Waals surface area contributed by atoms with Gasteiger partial charge in [0.05, 0.1) is 22.9 Å². The summed E-state index contributed by atoms with van der Waals surface area (Å²) in [5.74, 6) is 0.304. The zero-order valence-electron chi connectivity index (χ0n) is 13.8. The van der Waals surface area contributed by atoms with Crippen molar-refractivity contribution in [1.82, 2.24) is 0 Å². The predicted molar refractivity (Wildman–Crippen MR) is 97.8 cm³/mol. The van der Waals surface area contributed by atoms with E-state index in [0.717, 1.165) is 16.9 Å². The number of carbonyl (C=O) groups is 2. The Hall–Kier alpha value is -2.31. The van der Waals surface area contributed by atoms with Gasteiger partial charge in [-0.05, 0) is 42.8 Å². The first kappa shape index (κ1) is 19.0. The molecule has 2 rings (SSSR count). The Morgan fingerprint density at radius 3 is 2.64 bits per heavy atom. The molecule has 0 bridgehead atoms. The highest BCUT2D eigenvalue weighted by Gasteiger charge is 2.11. The number of rotatable bonds is 8. The Labute approximate surface area is 154 Å². The summed E-state index contributed by atoms with van der Waals surface area (Å²) in [4.78, 5) is 24.1. The van der Waals surface area contributed by atoms with Crippen molar-refractivity contribution in [2.45, 2.75) is 6.92 Å². The van der Waals surface area contributed by atoms with Crippen LogP contribution in [0, 0.1) is 0 Å². The largest absolute Gasteiger partial charge is 0.493 e. The molecular weight excluding hydrogens is 364 g/mol. The van der Waals surface area contributed by atoms with Crippen molar-refractivity contribution in [1.29, 1.82) is 0 Å². The van der Waals surface area contributed by atoms with Gasteiger partial charge in [-0.15, -0.1) is 11.3 Å². The number of benzene rings is 1. The highest BCUT2D eigenvalue weighted by Crippen LogP contribution is 2.28. The standard InChI is InChI=1S/C18H17ClO5S/c1-3-23-15-10-12(4-6-14(15)22-2)5-9-18(21)24-11-13(20)16-7-8-17(19)25-16/h4-10H,3,11H2,1-2H3/b9-5+. The lowest BCUT2D eigenvalue weighted by Gasteiger charge is -2.09. The van der Waals surface area contributed by atoms with Gasteiger partial charge in [-0.1, -0.05) is 17.7 Å². The van der Waals surface area contributed by atoms with E-state index in [1.165, 1.54) is 6.08 Å². The molecule has 1 heterocycles. The molecule has 0 N–H and O–H groups in total. The number of Topliss-reactive ketones (excluding diaryl/α,β-unsaturated/α-hetero) is 1. The van der Waals surface area contributed by atoms with Crippen LogP contribution in [0.4, 0.5) is 0 Å². The molecule has 132 valence electrons. The maximum atomic E-state index is 11.8. The third-order valence-electron chi connectivity index (χ3n) is 3.09. The average molecular weight is 381 g/mol. The smallest absolute Gasteiger partial charge is 0.331 e. The molecule has 0 unspecified atom stereocenters. The minimum Gasteiger partial charge on any atom is -0.493 e. The summed E-state index contributed by atoms with van der Waals surface area (Å²) in [5, 5.41) is 0. The van der Waals surface area contributed by atoms with Crippen LogP contribution in [0.3, 0.4) is 0 Å². The van der Waals surface area contributed by atoms with Crippen LogP contribution in [0.1, 0.15) is 22.2 Å². The predicted octanol–water partition coefficient (Wildman–Crippen LogP) is 4.25. The third kappa shape index (κ3) is 5.62. The SMILES string of the molecule is CCOc1cc(/C=C/C(=O)OCC(=O)c2ccc(Cl)s2)ccc1OC. The average Bonchev–Trinajstić information content (AvgIpc) is 3.05. The van der Waals surface area contributed by atoms with Crippen molar-refractivity contribution in [3.8, 4) is 11.5 Å². The third-order valence-corrected chi connectivity index (χ3v) is 4.37. The van der Waals surface area contributed by atoms with Gasteiger partial charge in [0, 0.05) is 6.08 Å². The number of thiophene rings is 1. The minimum atomic E-state index is -0.607. The number of methoxy groups -OCH3 is 1. The lowest BCUT2D eigenvalue weighted by Crippen LogP contribution is -2.11. The molecule has 0 spiro atoms. The van der Waals surface area contributed by atoms with Gasteiger partial charge in [0.25, 0.3) is 0 Å². The summed E-state index contributed by atoms with van der Waals surface area (Å²) in [5.41, 5.74) is 0.748. The summed E-state index contributed by atoms with van der Waals surface area (Å²) < 4.78 is 16.1. The van der Waals surface area contributed by atoms with Crippen LogP contribution in [0.5, 0.6) is 11.5 Å². The summed E-state index contributed by atoms with van der Waals surface area (Å²) in [6, 6.07) is 8.52. The lowest BCUT2D eigenvalue weighted by atomic mass is 10.2. The second-order valence-electron chi connectivity index (χ2n) is 4.81. The van der Waals surface area contributed by atoms with Crippen molar-refractivity contribution >= 4 is 40.8 Å². The molecular formula is C18H17ClO5S. The second-order valence-corrected chi connectivity index (χ2v) is 6.53. The van der Waals surface area contributed by atoms with Crippen LogP contribution in [0.25, 0.3) is 6.08 Å². The number of hydrogen-bond donors (Lipinski definition) is 0. The molecule has 0 atom stereocenters. The molecule has 0 amide bonds. The molecule has 0 aliphatic carbocycles. The van der Waals surface area contributed by atoms with Crippen LogP contribution < -0.4 is 9.47 Å². The Bertz CT molecular complexity index is 782. The Morgan fingerprint density at radius 2 is 2.00 bits per heavy atom. The number of hydrogen-bond acceptors (Lipinski definition) is 6. The molecule has 5 nitrogen and oxygen atoms in total. The summed E-state index contributed by atoms with van der Waals surface area (Å²) in [6.45, 7) is 2.05. The monoisotopic (exact) mass is 380 g/mol. The Balaban J connectivity index is 1.93. The van der Waals surface area contributed by atoms with Gasteiger partial charge in [0.15, 0.2) is 18.1 Å². The van der Waals surface area contributed by atoms with Crippen molar-refractivity contribution in [3.05, 3.63) is 51.2 Å². The normalized spacial score (nSPS) is 10.7. The Morgan fingerprint density at radius 1 is 1.20 bits per heavy atom. The van der Waals surface area contributed by atoms with Gasteiger partial charge in [-0.3, -0.25) is 4.79 Å². The fourth-order valence-electron chi connectivity index (χ4n) is 1.95. The lowest BCUT2D eigenvalue weighted by molar-refractivity contribution is -0.136. The van der Waals surface area contributed by atoms with E-state index in [1.54, 1.807) is 43.5 Å². The van der Waals surface area contributed by atoms with E-state index in [9.17, 15) is 9.59 Å². The van der Waals surface area contributed by atoms with E-state index in [0.29, 0.717) is 27.3 Å². The number of ether oxygens (including phenoxy) is 3. The molecule has 2 aromatic rings. The van der Waals surface area contributed by atoms with Gasteiger partial charge < -0.3 is 14.2 Å². The van der Waals surface area contributed by atoms with Crippen LogP contribution in [-0.4, -0.2) is 32.1 Å². The quantitative estimate of drug-likeness (QED) is 0.389. The first-order chi connectivity index (χ1) is 12.0. The van der Waals surface area contributed by atoms with E-state index in [1.807, 2.05) is 6.92 Å². The molecule has 0 radical (unpaired) electrons. The van der Waals surface area contributed by atoms with E-state index < -0.39 is 5.97 Å².